The fourth-order valence-electron chi connectivity index (χ4n) is 2.34. The van der Waals surface area contributed by atoms with Gasteiger partial charge < -0.3 is 5.32 Å². The van der Waals surface area contributed by atoms with E-state index in [1.54, 1.807) is 6.08 Å². The fourth-order valence-corrected chi connectivity index (χ4v) is 3.86. The van der Waals surface area contributed by atoms with E-state index in [0.717, 1.165) is 5.56 Å². The van der Waals surface area contributed by atoms with Crippen molar-refractivity contribution in [1.82, 2.24) is 9.62 Å². The second kappa shape index (κ2) is 9.52. The molecule has 2 aromatic carbocycles. The normalized spacial score (nSPS) is 11.3. The Balaban J connectivity index is 2.21. The van der Waals surface area contributed by atoms with E-state index in [-0.39, 0.29) is 30.4 Å². The molecule has 0 aliphatic carbocycles. The van der Waals surface area contributed by atoms with E-state index < -0.39 is 10.0 Å². The maximum absolute atomic E-state index is 13.0. The first-order valence-corrected chi connectivity index (χ1v) is 9.92. The molecule has 5 nitrogen and oxygen atoms in total. The molecule has 0 aromatic heterocycles. The van der Waals surface area contributed by atoms with E-state index in [9.17, 15) is 13.2 Å². The van der Waals surface area contributed by atoms with Crippen molar-refractivity contribution in [2.45, 2.75) is 11.3 Å². The third-order valence-electron chi connectivity index (χ3n) is 3.71. The van der Waals surface area contributed by atoms with E-state index in [1.807, 2.05) is 30.3 Å². The number of nitrogens with zero attached hydrogens (tertiary/aromatic N) is 1. The number of halogens is 1. The molecule has 0 heterocycles. The van der Waals surface area contributed by atoms with E-state index >= 15 is 0 Å². The summed E-state index contributed by atoms with van der Waals surface area (Å²) in [6, 6.07) is 15.4. The molecule has 0 spiro atoms. The molecule has 2 aromatic rings. The van der Waals surface area contributed by atoms with E-state index in [0.29, 0.717) is 11.4 Å². The van der Waals surface area contributed by atoms with Crippen LogP contribution in [0.25, 0.3) is 0 Å². The number of nitrogens with one attached hydrogen (secondary N) is 1. The van der Waals surface area contributed by atoms with Gasteiger partial charge in [-0.2, -0.15) is 4.31 Å². The highest BCUT2D eigenvalue weighted by molar-refractivity contribution is 7.89. The second-order valence-electron chi connectivity index (χ2n) is 5.62. The van der Waals surface area contributed by atoms with Gasteiger partial charge >= 0.3 is 0 Å². The highest BCUT2D eigenvalue weighted by Gasteiger charge is 2.26. The molecular weight excluding hydrogens is 372 g/mol. The molecule has 2 rings (SSSR count). The number of sulfonamides is 1. The Kier molecular flexibility index (Phi) is 7.38. The van der Waals surface area contributed by atoms with Gasteiger partial charge in [0.05, 0.1) is 11.4 Å². The van der Waals surface area contributed by atoms with Crippen LogP contribution in [0.4, 0.5) is 0 Å². The highest BCUT2D eigenvalue weighted by Crippen LogP contribution is 2.19. The van der Waals surface area contributed by atoms with E-state index in [4.69, 9.17) is 11.6 Å². The SMILES string of the molecule is C=CCNC(=O)CN(CCc1ccccc1)S(=O)(=O)c1ccc(Cl)cc1. The smallest absolute Gasteiger partial charge is 0.243 e. The molecule has 0 saturated carbocycles. The van der Waals surface area contributed by atoms with Gasteiger partial charge in [-0.15, -0.1) is 6.58 Å². The molecule has 0 radical (unpaired) electrons. The number of carbonyl (C=O) groups excluding carboxylic acids is 1. The number of amides is 1. The zero-order chi connectivity index (χ0) is 19.0. The summed E-state index contributed by atoms with van der Waals surface area (Å²) in [4.78, 5) is 12.2. The van der Waals surface area contributed by atoms with Gasteiger partial charge in [0.25, 0.3) is 0 Å². The maximum Gasteiger partial charge on any atom is 0.243 e. The molecule has 0 atom stereocenters. The van der Waals surface area contributed by atoms with Gasteiger partial charge in [-0.25, -0.2) is 8.42 Å². The lowest BCUT2D eigenvalue weighted by molar-refractivity contribution is -0.121. The first-order valence-electron chi connectivity index (χ1n) is 8.10. The van der Waals surface area contributed by atoms with E-state index in [1.165, 1.54) is 28.6 Å². The van der Waals surface area contributed by atoms with Crippen LogP contribution in [0.1, 0.15) is 5.56 Å². The topological polar surface area (TPSA) is 66.5 Å². The second-order valence-corrected chi connectivity index (χ2v) is 8.00. The Morgan fingerprint density at radius 1 is 1.12 bits per heavy atom. The first-order chi connectivity index (χ1) is 12.4. The molecule has 26 heavy (non-hydrogen) atoms. The summed E-state index contributed by atoms with van der Waals surface area (Å²) in [5.74, 6) is -0.379. The zero-order valence-corrected chi connectivity index (χ0v) is 15.8. The number of hydrogen-bond acceptors (Lipinski definition) is 3. The predicted molar refractivity (Wildman–Crippen MR) is 104 cm³/mol. The monoisotopic (exact) mass is 392 g/mol. The summed E-state index contributed by atoms with van der Waals surface area (Å²) in [5, 5.41) is 3.06. The lowest BCUT2D eigenvalue weighted by Crippen LogP contribution is -2.41. The molecule has 1 N–H and O–H groups in total. The van der Waals surface area contributed by atoms with Gasteiger partial charge in [0.1, 0.15) is 0 Å². The molecule has 0 aliphatic heterocycles. The molecule has 7 heteroatoms. The number of carbonyl (C=O) groups is 1. The van der Waals surface area contributed by atoms with Crippen LogP contribution in [-0.2, 0) is 21.2 Å². The van der Waals surface area contributed by atoms with Gasteiger partial charge in [-0.05, 0) is 36.2 Å². The van der Waals surface area contributed by atoms with Crippen molar-refractivity contribution >= 4 is 27.5 Å². The van der Waals surface area contributed by atoms with Crippen molar-refractivity contribution in [2.24, 2.45) is 0 Å². The Labute approximate surface area is 159 Å². The third-order valence-corrected chi connectivity index (χ3v) is 5.82. The Morgan fingerprint density at radius 3 is 2.38 bits per heavy atom. The van der Waals surface area contributed by atoms with Gasteiger partial charge in [0.2, 0.25) is 15.9 Å². The van der Waals surface area contributed by atoms with Crippen LogP contribution in [0.2, 0.25) is 5.02 Å². The Bertz CT molecular complexity index is 837. The number of rotatable bonds is 9. The number of benzene rings is 2. The van der Waals surface area contributed by atoms with Crippen molar-refractivity contribution in [3.8, 4) is 0 Å². The molecule has 138 valence electrons. The lowest BCUT2D eigenvalue weighted by atomic mass is 10.1. The Hall–Kier alpha value is -2.15. The van der Waals surface area contributed by atoms with Crippen molar-refractivity contribution in [1.29, 1.82) is 0 Å². The quantitative estimate of drug-likeness (QED) is 0.667. The largest absolute Gasteiger partial charge is 0.351 e. The average Bonchev–Trinajstić information content (AvgIpc) is 2.64. The molecule has 0 unspecified atom stereocenters. The van der Waals surface area contributed by atoms with Gasteiger partial charge in [-0.1, -0.05) is 48.0 Å². The highest BCUT2D eigenvalue weighted by atomic mass is 35.5. The standard InChI is InChI=1S/C19H21ClN2O3S/c1-2-13-21-19(23)15-22(14-12-16-6-4-3-5-7-16)26(24,25)18-10-8-17(20)9-11-18/h2-11H,1,12-15H2,(H,21,23). The van der Waals surface area contributed by atoms with Crippen LogP contribution in [-0.4, -0.2) is 38.3 Å². The lowest BCUT2D eigenvalue weighted by Gasteiger charge is -2.22. The van der Waals surface area contributed by atoms with Crippen LogP contribution in [0.15, 0.2) is 72.1 Å². The van der Waals surface area contributed by atoms with Crippen LogP contribution >= 0.6 is 11.6 Å². The molecular formula is C19H21ClN2O3S. The van der Waals surface area contributed by atoms with Crippen molar-refractivity contribution in [2.75, 3.05) is 19.6 Å². The van der Waals surface area contributed by atoms with Crippen LogP contribution in [0.3, 0.4) is 0 Å². The minimum Gasteiger partial charge on any atom is -0.351 e. The molecule has 0 bridgehead atoms. The summed E-state index contributed by atoms with van der Waals surface area (Å²) < 4.78 is 27.1. The minimum atomic E-state index is -3.82. The van der Waals surface area contributed by atoms with Crippen LogP contribution in [0, 0.1) is 0 Å². The predicted octanol–water partition coefficient (Wildman–Crippen LogP) is 2.88. The van der Waals surface area contributed by atoms with Crippen LogP contribution in [0.5, 0.6) is 0 Å². The molecule has 1 amide bonds. The van der Waals surface area contributed by atoms with Crippen molar-refractivity contribution < 1.29 is 13.2 Å². The first kappa shape index (κ1) is 20.2. The van der Waals surface area contributed by atoms with Gasteiger partial charge in [-0.3, -0.25) is 4.79 Å². The van der Waals surface area contributed by atoms with Crippen LogP contribution < -0.4 is 5.32 Å². The average molecular weight is 393 g/mol. The van der Waals surface area contributed by atoms with E-state index in [2.05, 4.69) is 11.9 Å². The Morgan fingerprint density at radius 2 is 1.77 bits per heavy atom. The van der Waals surface area contributed by atoms with Gasteiger partial charge in [0.15, 0.2) is 0 Å². The number of hydrogen-bond donors (Lipinski definition) is 1. The van der Waals surface area contributed by atoms with Crippen molar-refractivity contribution in [3.05, 3.63) is 77.8 Å². The zero-order valence-electron chi connectivity index (χ0n) is 14.3. The summed E-state index contributed by atoms with van der Waals surface area (Å²) >= 11 is 5.84. The van der Waals surface area contributed by atoms with Gasteiger partial charge in [0, 0.05) is 18.1 Å². The molecule has 0 fully saturated rings. The summed E-state index contributed by atoms with van der Waals surface area (Å²) in [5.41, 5.74) is 0.996. The summed E-state index contributed by atoms with van der Waals surface area (Å²) in [7, 11) is -3.82. The summed E-state index contributed by atoms with van der Waals surface area (Å²) in [6.45, 7) is 3.75. The molecule has 0 aliphatic rings. The van der Waals surface area contributed by atoms with Crippen molar-refractivity contribution in [3.63, 3.8) is 0 Å². The minimum absolute atomic E-state index is 0.103. The molecule has 0 saturated heterocycles. The fraction of sp³-hybridized carbons (Fsp3) is 0.211. The maximum atomic E-state index is 13.0. The third kappa shape index (κ3) is 5.69. The summed E-state index contributed by atoms with van der Waals surface area (Å²) in [6.07, 6.45) is 2.04.